The van der Waals surface area contributed by atoms with Gasteiger partial charge in [-0.25, -0.2) is 0 Å². The first-order valence-electron chi connectivity index (χ1n) is 9.92. The Labute approximate surface area is 179 Å². The number of nitrogens with zero attached hydrogens (tertiary/aromatic N) is 1. The number of anilines is 1. The highest BCUT2D eigenvalue weighted by Crippen LogP contribution is 2.40. The van der Waals surface area contributed by atoms with E-state index in [-0.39, 0.29) is 5.43 Å². The molecule has 0 saturated heterocycles. The summed E-state index contributed by atoms with van der Waals surface area (Å²) in [7, 11) is 3.23. The van der Waals surface area contributed by atoms with Gasteiger partial charge in [-0.1, -0.05) is 30.3 Å². The monoisotopic (exact) mass is 415 g/mol. The fourth-order valence-corrected chi connectivity index (χ4v) is 3.83. The second kappa shape index (κ2) is 7.72. The average Bonchev–Trinajstić information content (AvgIpc) is 2.83. The lowest BCUT2D eigenvalue weighted by atomic mass is 10.1. The first-order chi connectivity index (χ1) is 15.2. The Kier molecular flexibility index (Phi) is 4.75. The summed E-state index contributed by atoms with van der Waals surface area (Å²) < 4.78 is 22.9. The minimum atomic E-state index is -0.0682. The van der Waals surface area contributed by atoms with Gasteiger partial charge in [-0.2, -0.15) is 0 Å². The highest BCUT2D eigenvalue weighted by Gasteiger charge is 2.23. The summed E-state index contributed by atoms with van der Waals surface area (Å²) in [6.07, 6.45) is 0. The van der Waals surface area contributed by atoms with Gasteiger partial charge in [0.15, 0.2) is 23.7 Å². The molecule has 3 aromatic carbocycles. The SMILES string of the molecule is COc1cc2c(c(OC)c1)OCN(c1ccc3c(=O)cc(-c4ccccc4)oc3c1)C2. The zero-order valence-electron chi connectivity index (χ0n) is 17.3. The standard InChI is InChI=1S/C25H21NO5/c1-28-19-10-17-14-26(15-30-25(17)24(12-19)29-2)18-8-9-20-21(27)13-22(31-23(20)11-18)16-6-4-3-5-7-16/h3-13H,14-15H2,1-2H3. The van der Waals surface area contributed by atoms with Crippen LogP contribution >= 0.6 is 0 Å². The lowest BCUT2D eigenvalue weighted by Crippen LogP contribution is -2.32. The zero-order valence-corrected chi connectivity index (χ0v) is 17.3. The Morgan fingerprint density at radius 1 is 0.935 bits per heavy atom. The molecular formula is C25H21NO5. The Hall–Kier alpha value is -3.93. The van der Waals surface area contributed by atoms with Gasteiger partial charge >= 0.3 is 0 Å². The van der Waals surface area contributed by atoms with Crippen LogP contribution in [0.3, 0.4) is 0 Å². The van der Waals surface area contributed by atoms with E-state index < -0.39 is 0 Å². The van der Waals surface area contributed by atoms with E-state index in [1.807, 2.05) is 54.6 Å². The Balaban J connectivity index is 1.53. The normalized spacial score (nSPS) is 12.9. The summed E-state index contributed by atoms with van der Waals surface area (Å²) in [5.41, 5.74) is 3.19. The van der Waals surface area contributed by atoms with Crippen LogP contribution in [0, 0.1) is 0 Å². The molecule has 0 amide bonds. The smallest absolute Gasteiger partial charge is 0.193 e. The van der Waals surface area contributed by atoms with Crippen molar-refractivity contribution in [3.63, 3.8) is 0 Å². The Bertz CT molecular complexity index is 1310. The maximum atomic E-state index is 12.6. The molecule has 5 rings (SSSR count). The molecule has 156 valence electrons. The highest BCUT2D eigenvalue weighted by molar-refractivity contribution is 5.82. The van der Waals surface area contributed by atoms with Crippen LogP contribution in [0.15, 0.2) is 75.9 Å². The van der Waals surface area contributed by atoms with Crippen molar-refractivity contribution in [1.29, 1.82) is 0 Å². The van der Waals surface area contributed by atoms with Gasteiger partial charge in [-0.3, -0.25) is 4.79 Å². The molecule has 0 fully saturated rings. The molecule has 0 unspecified atom stereocenters. The van der Waals surface area contributed by atoms with Gasteiger partial charge in [0, 0.05) is 35.0 Å². The van der Waals surface area contributed by atoms with E-state index in [1.54, 1.807) is 20.3 Å². The predicted octanol–water partition coefficient (Wildman–Crippen LogP) is 4.83. The van der Waals surface area contributed by atoms with Crippen molar-refractivity contribution in [2.24, 2.45) is 0 Å². The van der Waals surface area contributed by atoms with Gasteiger partial charge in [0.2, 0.25) is 0 Å². The van der Waals surface area contributed by atoms with Crippen molar-refractivity contribution in [3.05, 3.63) is 82.5 Å². The molecule has 0 N–H and O–H groups in total. The third-order valence-electron chi connectivity index (χ3n) is 5.42. The zero-order chi connectivity index (χ0) is 21.4. The molecule has 2 heterocycles. The average molecular weight is 415 g/mol. The van der Waals surface area contributed by atoms with E-state index in [9.17, 15) is 4.79 Å². The van der Waals surface area contributed by atoms with Gasteiger partial charge in [0.05, 0.1) is 26.2 Å². The minimum Gasteiger partial charge on any atom is -0.497 e. The summed E-state index contributed by atoms with van der Waals surface area (Å²) in [6, 6.07) is 20.5. The van der Waals surface area contributed by atoms with Crippen LogP contribution in [0.4, 0.5) is 5.69 Å². The molecule has 6 heteroatoms. The number of rotatable bonds is 4. The van der Waals surface area contributed by atoms with Crippen molar-refractivity contribution in [3.8, 4) is 28.6 Å². The van der Waals surface area contributed by atoms with Crippen LogP contribution in [0.25, 0.3) is 22.3 Å². The second-order valence-electron chi connectivity index (χ2n) is 7.31. The van der Waals surface area contributed by atoms with E-state index in [0.29, 0.717) is 41.5 Å². The summed E-state index contributed by atoms with van der Waals surface area (Å²) in [4.78, 5) is 14.7. The summed E-state index contributed by atoms with van der Waals surface area (Å²) >= 11 is 0. The van der Waals surface area contributed by atoms with Crippen LogP contribution in [0.5, 0.6) is 17.2 Å². The van der Waals surface area contributed by atoms with E-state index in [1.165, 1.54) is 6.07 Å². The molecule has 0 aliphatic carbocycles. The molecule has 0 bridgehead atoms. The molecule has 0 radical (unpaired) electrons. The number of methoxy groups -OCH3 is 2. The molecule has 0 spiro atoms. The number of hydrogen-bond donors (Lipinski definition) is 0. The molecule has 31 heavy (non-hydrogen) atoms. The van der Waals surface area contributed by atoms with Crippen molar-refractivity contribution >= 4 is 16.7 Å². The van der Waals surface area contributed by atoms with Crippen LogP contribution in [0.2, 0.25) is 0 Å². The maximum absolute atomic E-state index is 12.6. The number of hydrogen-bond acceptors (Lipinski definition) is 6. The van der Waals surface area contributed by atoms with Crippen LogP contribution in [-0.2, 0) is 6.54 Å². The van der Waals surface area contributed by atoms with Gasteiger partial charge in [0.25, 0.3) is 0 Å². The van der Waals surface area contributed by atoms with Crippen molar-refractivity contribution in [1.82, 2.24) is 0 Å². The molecule has 4 aromatic rings. The molecular weight excluding hydrogens is 394 g/mol. The third-order valence-corrected chi connectivity index (χ3v) is 5.42. The van der Waals surface area contributed by atoms with Gasteiger partial charge in [-0.05, 0) is 18.2 Å². The summed E-state index contributed by atoms with van der Waals surface area (Å²) in [6.45, 7) is 0.959. The molecule has 1 aliphatic rings. The van der Waals surface area contributed by atoms with Crippen molar-refractivity contribution in [2.75, 3.05) is 25.9 Å². The fraction of sp³-hybridized carbons (Fsp3) is 0.160. The summed E-state index contributed by atoms with van der Waals surface area (Å²) in [5, 5.41) is 0.546. The van der Waals surface area contributed by atoms with Crippen molar-refractivity contribution in [2.45, 2.75) is 6.54 Å². The highest BCUT2D eigenvalue weighted by atomic mass is 16.5. The van der Waals surface area contributed by atoms with Gasteiger partial charge in [0.1, 0.15) is 17.1 Å². The number of benzene rings is 3. The van der Waals surface area contributed by atoms with E-state index in [0.717, 1.165) is 22.6 Å². The third kappa shape index (κ3) is 3.46. The predicted molar refractivity (Wildman–Crippen MR) is 119 cm³/mol. The summed E-state index contributed by atoms with van der Waals surface area (Å²) in [5.74, 6) is 2.62. The lowest BCUT2D eigenvalue weighted by Gasteiger charge is -2.31. The number of fused-ring (bicyclic) bond motifs is 2. The van der Waals surface area contributed by atoms with Crippen LogP contribution in [-0.4, -0.2) is 21.0 Å². The minimum absolute atomic E-state index is 0.0682. The van der Waals surface area contributed by atoms with E-state index in [4.69, 9.17) is 18.6 Å². The van der Waals surface area contributed by atoms with Gasteiger partial charge in [-0.15, -0.1) is 0 Å². The van der Waals surface area contributed by atoms with Gasteiger partial charge < -0.3 is 23.5 Å². The first kappa shape index (κ1) is 19.1. The quantitative estimate of drug-likeness (QED) is 0.476. The second-order valence-corrected chi connectivity index (χ2v) is 7.31. The Morgan fingerprint density at radius 3 is 2.55 bits per heavy atom. The molecule has 1 aromatic heterocycles. The van der Waals surface area contributed by atoms with Crippen LogP contribution in [0.1, 0.15) is 5.56 Å². The first-order valence-corrected chi connectivity index (χ1v) is 9.92. The largest absolute Gasteiger partial charge is 0.497 e. The number of ether oxygens (including phenoxy) is 3. The van der Waals surface area contributed by atoms with Crippen molar-refractivity contribution < 1.29 is 18.6 Å². The molecule has 1 aliphatic heterocycles. The fourth-order valence-electron chi connectivity index (χ4n) is 3.83. The topological polar surface area (TPSA) is 61.1 Å². The molecule has 0 atom stereocenters. The Morgan fingerprint density at radius 2 is 1.77 bits per heavy atom. The molecule has 0 saturated carbocycles. The maximum Gasteiger partial charge on any atom is 0.193 e. The van der Waals surface area contributed by atoms with E-state index >= 15 is 0 Å². The lowest BCUT2D eigenvalue weighted by molar-refractivity contribution is 0.268. The van der Waals surface area contributed by atoms with E-state index in [2.05, 4.69) is 4.90 Å². The van der Waals surface area contributed by atoms with Crippen LogP contribution < -0.4 is 24.5 Å². The molecule has 6 nitrogen and oxygen atoms in total.